The smallest absolute Gasteiger partial charge is 0.387 e. The van der Waals surface area contributed by atoms with Crippen LogP contribution in [0.2, 0.25) is 0 Å². The zero-order chi connectivity index (χ0) is 21.0. The van der Waals surface area contributed by atoms with Gasteiger partial charge in [0.15, 0.2) is 6.61 Å². The van der Waals surface area contributed by atoms with Gasteiger partial charge in [-0.05, 0) is 50.2 Å². The van der Waals surface area contributed by atoms with Crippen LogP contribution < -0.4 is 4.74 Å². The molecule has 0 N–H and O–H groups in total. The molecule has 0 fully saturated rings. The Morgan fingerprint density at radius 3 is 2.62 bits per heavy atom. The number of carbonyl (C=O) groups is 2. The zero-order valence-corrected chi connectivity index (χ0v) is 15.9. The van der Waals surface area contributed by atoms with Gasteiger partial charge in [0.05, 0.1) is 18.4 Å². The molecule has 0 spiro atoms. The molecule has 0 saturated heterocycles. The summed E-state index contributed by atoms with van der Waals surface area (Å²) in [6.07, 6.45) is 1.58. The van der Waals surface area contributed by atoms with Crippen molar-refractivity contribution in [2.24, 2.45) is 0 Å². The summed E-state index contributed by atoms with van der Waals surface area (Å²) >= 11 is 0. The molecule has 0 radical (unpaired) electrons. The Balaban J connectivity index is 1.66. The molecule has 0 aliphatic rings. The molecule has 0 aliphatic heterocycles. The van der Waals surface area contributed by atoms with E-state index in [0.717, 1.165) is 23.2 Å². The van der Waals surface area contributed by atoms with Crippen molar-refractivity contribution in [2.75, 3.05) is 6.61 Å². The van der Waals surface area contributed by atoms with E-state index in [-0.39, 0.29) is 17.1 Å². The van der Waals surface area contributed by atoms with E-state index in [1.54, 1.807) is 25.3 Å². The van der Waals surface area contributed by atoms with Crippen molar-refractivity contribution in [2.45, 2.75) is 27.0 Å². The predicted molar refractivity (Wildman–Crippen MR) is 99.4 cm³/mol. The first kappa shape index (κ1) is 20.3. The monoisotopic (exact) mass is 403 g/mol. The van der Waals surface area contributed by atoms with Gasteiger partial charge in [0, 0.05) is 17.0 Å². The quantitative estimate of drug-likeness (QED) is 0.412. The average Bonchev–Trinajstić information content (AvgIpc) is 3.29. The van der Waals surface area contributed by atoms with Crippen molar-refractivity contribution in [3.05, 3.63) is 77.0 Å². The maximum atomic E-state index is 12.5. The van der Waals surface area contributed by atoms with Gasteiger partial charge in [-0.2, -0.15) is 8.78 Å². The van der Waals surface area contributed by atoms with Crippen LogP contribution in [0.15, 0.2) is 53.1 Å². The summed E-state index contributed by atoms with van der Waals surface area (Å²) < 4.78 is 41.2. The Bertz CT molecular complexity index is 1010. The Hall–Kier alpha value is -3.42. The minimum Gasteiger partial charge on any atom is -0.467 e. The number of benzene rings is 1. The summed E-state index contributed by atoms with van der Waals surface area (Å²) in [4.78, 5) is 24.7. The van der Waals surface area contributed by atoms with Gasteiger partial charge in [0.2, 0.25) is 5.78 Å². The summed E-state index contributed by atoms with van der Waals surface area (Å²) in [5.74, 6) is -0.579. The van der Waals surface area contributed by atoms with Gasteiger partial charge in [-0.1, -0.05) is 6.07 Å². The Morgan fingerprint density at radius 2 is 1.93 bits per heavy atom. The number of alkyl halides is 2. The molecule has 0 amide bonds. The highest BCUT2D eigenvalue weighted by atomic mass is 19.3. The summed E-state index contributed by atoms with van der Waals surface area (Å²) in [5, 5.41) is 0. The van der Waals surface area contributed by atoms with Crippen LogP contribution in [0.5, 0.6) is 5.75 Å². The second-order valence-electron chi connectivity index (χ2n) is 6.36. The lowest BCUT2D eigenvalue weighted by molar-refractivity contribution is -0.0499. The van der Waals surface area contributed by atoms with Crippen LogP contribution >= 0.6 is 0 Å². The molecule has 0 atom stereocenters. The average molecular weight is 403 g/mol. The molecule has 0 aliphatic carbocycles. The van der Waals surface area contributed by atoms with E-state index in [0.29, 0.717) is 12.1 Å². The van der Waals surface area contributed by atoms with Crippen LogP contribution in [0.4, 0.5) is 8.78 Å². The summed E-state index contributed by atoms with van der Waals surface area (Å²) in [6.45, 7) is 0.682. The highest BCUT2D eigenvalue weighted by molar-refractivity contribution is 6.00. The number of Topliss-reactive ketones (excluding diaryl/α,β-unsaturated/α-hetero) is 1. The first-order valence-corrected chi connectivity index (χ1v) is 8.79. The zero-order valence-electron chi connectivity index (χ0n) is 15.9. The fraction of sp³-hybridized carbons (Fsp3) is 0.238. The molecule has 3 rings (SSSR count). The highest BCUT2D eigenvalue weighted by Gasteiger charge is 2.19. The molecule has 2 aromatic heterocycles. The highest BCUT2D eigenvalue weighted by Crippen LogP contribution is 2.19. The SMILES string of the molecule is Cc1cc(C(=O)COC(=O)c2cccc(OC(F)F)c2)c(C)n1Cc1ccco1. The Morgan fingerprint density at radius 1 is 1.14 bits per heavy atom. The molecule has 1 aromatic carbocycles. The number of nitrogens with zero attached hydrogens (tertiary/aromatic N) is 1. The van der Waals surface area contributed by atoms with Crippen molar-refractivity contribution in [3.8, 4) is 5.75 Å². The maximum Gasteiger partial charge on any atom is 0.387 e. The number of aromatic nitrogens is 1. The number of halogens is 2. The first-order valence-electron chi connectivity index (χ1n) is 8.79. The van der Waals surface area contributed by atoms with Crippen molar-refractivity contribution in [1.29, 1.82) is 0 Å². The standard InChI is InChI=1S/C21H19F2NO5/c1-13-9-18(14(2)24(13)11-17-7-4-8-27-17)19(25)12-28-20(26)15-5-3-6-16(10-15)29-21(22)23/h3-10,21H,11-12H2,1-2H3. The van der Waals surface area contributed by atoms with Crippen molar-refractivity contribution >= 4 is 11.8 Å². The summed E-state index contributed by atoms with van der Waals surface area (Å²) in [5.41, 5.74) is 2.05. The topological polar surface area (TPSA) is 70.7 Å². The second kappa shape index (κ2) is 8.72. The summed E-state index contributed by atoms with van der Waals surface area (Å²) in [7, 11) is 0. The molecule has 29 heavy (non-hydrogen) atoms. The van der Waals surface area contributed by atoms with Crippen LogP contribution in [0, 0.1) is 13.8 Å². The number of ketones is 1. The van der Waals surface area contributed by atoms with E-state index < -0.39 is 19.2 Å². The van der Waals surface area contributed by atoms with Gasteiger partial charge in [0.25, 0.3) is 0 Å². The van der Waals surface area contributed by atoms with Crippen molar-refractivity contribution < 1.29 is 32.3 Å². The van der Waals surface area contributed by atoms with Gasteiger partial charge in [-0.3, -0.25) is 4.79 Å². The molecule has 152 valence electrons. The molecule has 2 heterocycles. The normalized spacial score (nSPS) is 10.9. The van der Waals surface area contributed by atoms with E-state index in [2.05, 4.69) is 4.74 Å². The number of rotatable bonds is 8. The minimum absolute atomic E-state index is 0.0132. The third kappa shape index (κ3) is 4.90. The molecule has 0 saturated carbocycles. The van der Waals surface area contributed by atoms with Crippen molar-refractivity contribution in [1.82, 2.24) is 4.57 Å². The summed E-state index contributed by atoms with van der Waals surface area (Å²) in [6, 6.07) is 10.6. The second-order valence-corrected chi connectivity index (χ2v) is 6.36. The van der Waals surface area contributed by atoms with E-state index >= 15 is 0 Å². The molecule has 8 heteroatoms. The van der Waals surface area contributed by atoms with Gasteiger partial charge in [0.1, 0.15) is 11.5 Å². The fourth-order valence-corrected chi connectivity index (χ4v) is 2.98. The number of hydrogen-bond acceptors (Lipinski definition) is 5. The van der Waals surface area contributed by atoms with E-state index in [4.69, 9.17) is 9.15 Å². The number of hydrogen-bond donors (Lipinski definition) is 0. The number of esters is 1. The van der Waals surface area contributed by atoms with E-state index in [9.17, 15) is 18.4 Å². The Kier molecular flexibility index (Phi) is 6.11. The first-order chi connectivity index (χ1) is 13.8. The van der Waals surface area contributed by atoms with Gasteiger partial charge >= 0.3 is 12.6 Å². The lowest BCUT2D eigenvalue weighted by Crippen LogP contribution is -2.15. The van der Waals surface area contributed by atoms with E-state index in [1.807, 2.05) is 17.6 Å². The van der Waals surface area contributed by atoms with Crippen LogP contribution in [0.3, 0.4) is 0 Å². The molecule has 0 bridgehead atoms. The Labute approximate surface area is 165 Å². The predicted octanol–water partition coefficient (Wildman–Crippen LogP) is 4.39. The van der Waals surface area contributed by atoms with Crippen LogP contribution in [-0.4, -0.2) is 29.5 Å². The third-order valence-electron chi connectivity index (χ3n) is 4.40. The lowest BCUT2D eigenvalue weighted by Gasteiger charge is -2.09. The molecular weight excluding hydrogens is 384 g/mol. The largest absolute Gasteiger partial charge is 0.467 e. The van der Waals surface area contributed by atoms with Crippen molar-refractivity contribution in [3.63, 3.8) is 0 Å². The van der Waals surface area contributed by atoms with Crippen LogP contribution in [-0.2, 0) is 11.3 Å². The number of ether oxygens (including phenoxy) is 2. The molecular formula is C21H19F2NO5. The van der Waals surface area contributed by atoms with Gasteiger partial charge in [-0.25, -0.2) is 4.79 Å². The molecule has 3 aromatic rings. The van der Waals surface area contributed by atoms with E-state index in [1.165, 1.54) is 18.2 Å². The number of furan rings is 1. The van der Waals surface area contributed by atoms with Gasteiger partial charge < -0.3 is 18.5 Å². The van der Waals surface area contributed by atoms with Crippen LogP contribution in [0.25, 0.3) is 0 Å². The molecule has 0 unspecified atom stereocenters. The lowest BCUT2D eigenvalue weighted by atomic mass is 10.1. The molecule has 6 nitrogen and oxygen atoms in total. The third-order valence-corrected chi connectivity index (χ3v) is 4.40. The minimum atomic E-state index is -3.00. The maximum absolute atomic E-state index is 12.5. The number of carbonyl (C=O) groups excluding carboxylic acids is 2. The number of aryl methyl sites for hydroxylation is 1. The van der Waals surface area contributed by atoms with Crippen LogP contribution in [0.1, 0.15) is 37.9 Å². The fourth-order valence-electron chi connectivity index (χ4n) is 2.98. The van der Waals surface area contributed by atoms with Gasteiger partial charge in [-0.15, -0.1) is 0 Å².